The molecule has 4 nitrogen and oxygen atoms in total. The van der Waals surface area contributed by atoms with Crippen molar-refractivity contribution in [3.8, 4) is 22.5 Å². The number of hydrogen-bond donors (Lipinski definition) is 0. The Morgan fingerprint density at radius 3 is 2.37 bits per heavy atom. The molecule has 0 aliphatic heterocycles. The summed E-state index contributed by atoms with van der Waals surface area (Å²) >= 11 is 0. The number of rotatable bonds is 5. The first-order valence-corrected chi connectivity index (χ1v) is 19.8. The molecule has 6 heteroatoms. The third kappa shape index (κ3) is 7.41. The minimum atomic E-state index is -1.36. The molecule has 2 aromatic carbocycles. The SMILES string of the molecule is C[Si](C)(C)c1cnc(-c2[c-]cccc2)cc1C1CCCCC1.Cc1ccc2c(n1)oc1c(-c3cc(C(C)C)ccn3)[c-]ccc12.[Ir]. The Kier molecular flexibility index (Phi) is 10.7. The van der Waals surface area contributed by atoms with Crippen LogP contribution in [0.4, 0.5) is 0 Å². The average molecular weight is 802 g/mol. The smallest absolute Gasteiger partial charge is 0.216 e. The summed E-state index contributed by atoms with van der Waals surface area (Å²) in [6.07, 6.45) is 10.9. The van der Waals surface area contributed by atoms with Crippen molar-refractivity contribution < 1.29 is 24.5 Å². The molecule has 1 aliphatic rings. The maximum Gasteiger partial charge on any atom is 0.216 e. The Hall–Kier alpha value is -3.44. The molecule has 239 valence electrons. The van der Waals surface area contributed by atoms with Gasteiger partial charge in [-0.1, -0.05) is 87.0 Å². The van der Waals surface area contributed by atoms with E-state index in [1.165, 1.54) is 37.7 Å². The molecule has 0 atom stereocenters. The second kappa shape index (κ2) is 14.5. The van der Waals surface area contributed by atoms with Crippen molar-refractivity contribution in [3.05, 3.63) is 108 Å². The molecule has 0 unspecified atom stereocenters. The van der Waals surface area contributed by atoms with Crippen molar-refractivity contribution in [2.24, 2.45) is 0 Å². The fourth-order valence-corrected chi connectivity index (χ4v) is 7.99. The standard InChI is InChI=1S/C20H17N2O.C20H26NSi.Ir/c1-12(2)14-9-10-21-18(11-14)17-6-4-5-15-16-8-7-13(3)22-20(16)23-19(15)17;1-22(2,3)20-15-21-19(17-12-8-5-9-13-17)14-18(20)16-10-6-4-7-11-16;/h4-5,7-12H,1-3H3;5,8-9,12,14-16H,4,6-7,10-11H2,1-3H3;/q2*-1;. The molecule has 0 spiro atoms. The van der Waals surface area contributed by atoms with Gasteiger partial charge in [-0.2, -0.15) is 0 Å². The molecule has 7 rings (SSSR count). The van der Waals surface area contributed by atoms with Crippen LogP contribution in [0.25, 0.3) is 44.6 Å². The minimum absolute atomic E-state index is 0. The van der Waals surface area contributed by atoms with Gasteiger partial charge in [0.05, 0.1) is 13.7 Å². The number of hydrogen-bond acceptors (Lipinski definition) is 4. The van der Waals surface area contributed by atoms with Crippen molar-refractivity contribution in [1.82, 2.24) is 15.0 Å². The monoisotopic (exact) mass is 802 g/mol. The van der Waals surface area contributed by atoms with Crippen molar-refractivity contribution in [1.29, 1.82) is 0 Å². The van der Waals surface area contributed by atoms with Crippen LogP contribution >= 0.6 is 0 Å². The summed E-state index contributed by atoms with van der Waals surface area (Å²) in [5, 5.41) is 3.64. The Morgan fingerprint density at radius 2 is 1.65 bits per heavy atom. The van der Waals surface area contributed by atoms with Gasteiger partial charge >= 0.3 is 0 Å². The van der Waals surface area contributed by atoms with Crippen LogP contribution in [0.3, 0.4) is 0 Å². The van der Waals surface area contributed by atoms with Crippen LogP contribution < -0.4 is 5.19 Å². The van der Waals surface area contributed by atoms with E-state index < -0.39 is 8.07 Å². The summed E-state index contributed by atoms with van der Waals surface area (Å²) in [7, 11) is -1.36. The van der Waals surface area contributed by atoms with E-state index in [9.17, 15) is 0 Å². The molecular weight excluding hydrogens is 759 g/mol. The van der Waals surface area contributed by atoms with Crippen molar-refractivity contribution in [2.75, 3.05) is 0 Å². The molecule has 1 radical (unpaired) electrons. The van der Waals surface area contributed by atoms with E-state index in [0.29, 0.717) is 11.6 Å². The van der Waals surface area contributed by atoms with Gasteiger partial charge in [-0.05, 0) is 66.4 Å². The van der Waals surface area contributed by atoms with E-state index in [2.05, 4.69) is 98.2 Å². The first-order chi connectivity index (χ1) is 21.7. The fourth-order valence-electron chi connectivity index (χ4n) is 6.40. The Balaban J connectivity index is 0.000000178. The van der Waals surface area contributed by atoms with Gasteiger partial charge in [0.2, 0.25) is 5.71 Å². The largest absolute Gasteiger partial charge is 0.486 e. The van der Waals surface area contributed by atoms with Crippen LogP contribution in [0, 0.1) is 19.1 Å². The van der Waals surface area contributed by atoms with Crippen molar-refractivity contribution in [2.45, 2.75) is 84.4 Å². The predicted molar refractivity (Wildman–Crippen MR) is 190 cm³/mol. The number of pyridine rings is 3. The molecule has 46 heavy (non-hydrogen) atoms. The van der Waals surface area contributed by atoms with Gasteiger partial charge in [0.1, 0.15) is 0 Å². The number of benzene rings is 2. The van der Waals surface area contributed by atoms with Gasteiger partial charge in [-0.3, -0.25) is 0 Å². The third-order valence-electron chi connectivity index (χ3n) is 8.92. The average Bonchev–Trinajstić information content (AvgIpc) is 3.43. The number of aromatic nitrogens is 3. The maximum atomic E-state index is 6.04. The summed E-state index contributed by atoms with van der Waals surface area (Å²) in [4.78, 5) is 13.8. The number of fused-ring (bicyclic) bond motifs is 3. The van der Waals surface area contributed by atoms with Gasteiger partial charge in [0, 0.05) is 43.6 Å². The normalized spacial score (nSPS) is 13.8. The van der Waals surface area contributed by atoms with Crippen molar-refractivity contribution >= 4 is 35.3 Å². The summed E-state index contributed by atoms with van der Waals surface area (Å²) in [6.45, 7) is 13.6. The second-order valence-electron chi connectivity index (χ2n) is 13.6. The van der Waals surface area contributed by atoms with E-state index in [1.54, 1.807) is 10.8 Å². The zero-order chi connectivity index (χ0) is 31.6. The van der Waals surface area contributed by atoms with E-state index in [1.807, 2.05) is 43.5 Å². The number of furan rings is 1. The van der Waals surface area contributed by atoms with Gasteiger partial charge in [0.15, 0.2) is 0 Å². The summed E-state index contributed by atoms with van der Waals surface area (Å²) in [6, 6.07) is 29.3. The summed E-state index contributed by atoms with van der Waals surface area (Å²) in [5.41, 5.74) is 9.23. The molecule has 1 fully saturated rings. The zero-order valence-corrected chi connectivity index (χ0v) is 31.2. The predicted octanol–water partition coefficient (Wildman–Crippen LogP) is 10.4. The molecule has 1 aliphatic carbocycles. The third-order valence-corrected chi connectivity index (χ3v) is 11.0. The van der Waals surface area contributed by atoms with Gasteiger partial charge in [-0.25, -0.2) is 4.98 Å². The van der Waals surface area contributed by atoms with Gasteiger partial charge in [0.25, 0.3) is 0 Å². The molecule has 0 amide bonds. The molecule has 4 heterocycles. The molecule has 0 N–H and O–H groups in total. The summed E-state index contributed by atoms with van der Waals surface area (Å²) < 4.78 is 6.04. The van der Waals surface area contributed by atoms with Gasteiger partial charge in [-0.15, -0.1) is 54.1 Å². The zero-order valence-electron chi connectivity index (χ0n) is 27.8. The topological polar surface area (TPSA) is 51.8 Å². The van der Waals surface area contributed by atoms with Crippen LogP contribution in [0.2, 0.25) is 19.6 Å². The molecule has 0 saturated heterocycles. The van der Waals surface area contributed by atoms with Crippen LogP contribution in [0.5, 0.6) is 0 Å². The van der Waals surface area contributed by atoms with E-state index >= 15 is 0 Å². The van der Waals surface area contributed by atoms with Crippen LogP contribution in [0.1, 0.15) is 74.6 Å². The van der Waals surface area contributed by atoms with Crippen molar-refractivity contribution in [3.63, 3.8) is 0 Å². The fraction of sp³-hybridized carbons (Fsp3) is 0.325. The quantitative estimate of drug-likeness (QED) is 0.129. The Bertz CT molecular complexity index is 1920. The molecular formula is C40H43IrN3OSi-2. The first kappa shape index (κ1) is 33.9. The molecule has 0 bridgehead atoms. The molecule has 6 aromatic rings. The van der Waals surface area contributed by atoms with Gasteiger partial charge < -0.3 is 14.4 Å². The van der Waals surface area contributed by atoms with Crippen LogP contribution in [-0.4, -0.2) is 23.0 Å². The maximum absolute atomic E-state index is 6.04. The van der Waals surface area contributed by atoms with E-state index in [-0.39, 0.29) is 20.1 Å². The molecule has 4 aromatic heterocycles. The Morgan fingerprint density at radius 1 is 0.848 bits per heavy atom. The first-order valence-electron chi connectivity index (χ1n) is 16.3. The van der Waals surface area contributed by atoms with Crippen LogP contribution in [0.15, 0.2) is 83.5 Å². The number of aryl methyl sites for hydroxylation is 1. The van der Waals surface area contributed by atoms with Crippen LogP contribution in [-0.2, 0) is 20.1 Å². The van der Waals surface area contributed by atoms with E-state index in [0.717, 1.165) is 50.5 Å². The number of nitrogens with zero attached hydrogens (tertiary/aromatic N) is 3. The molecule has 1 saturated carbocycles. The summed E-state index contributed by atoms with van der Waals surface area (Å²) in [5.74, 6) is 1.19. The minimum Gasteiger partial charge on any atom is -0.486 e. The second-order valence-corrected chi connectivity index (χ2v) is 18.7. The Labute approximate surface area is 288 Å². The van der Waals surface area contributed by atoms with E-state index in [4.69, 9.17) is 9.40 Å².